The van der Waals surface area contributed by atoms with Crippen molar-refractivity contribution in [2.45, 2.75) is 37.2 Å². The van der Waals surface area contributed by atoms with Crippen LogP contribution in [0.25, 0.3) is 0 Å². The molecule has 0 bridgehead atoms. The summed E-state index contributed by atoms with van der Waals surface area (Å²) in [7, 11) is 1.96. The molecular formula is C13H18N4S. The van der Waals surface area contributed by atoms with E-state index in [1.54, 1.807) is 11.8 Å². The van der Waals surface area contributed by atoms with Crippen molar-refractivity contribution in [3.63, 3.8) is 0 Å². The molecule has 0 atom stereocenters. The Labute approximate surface area is 112 Å². The highest BCUT2D eigenvalue weighted by Gasteiger charge is 2.11. The van der Waals surface area contributed by atoms with Gasteiger partial charge in [0.2, 0.25) is 0 Å². The summed E-state index contributed by atoms with van der Waals surface area (Å²) in [5, 5.41) is 5.47. The third kappa shape index (κ3) is 2.57. The van der Waals surface area contributed by atoms with E-state index >= 15 is 0 Å². The van der Waals surface area contributed by atoms with Crippen LogP contribution in [0.1, 0.15) is 22.6 Å². The number of nitrogens with zero attached hydrogens (tertiary/aromatic N) is 3. The van der Waals surface area contributed by atoms with Crippen LogP contribution < -0.4 is 5.73 Å². The van der Waals surface area contributed by atoms with Crippen molar-refractivity contribution in [2.75, 3.05) is 0 Å². The summed E-state index contributed by atoms with van der Waals surface area (Å²) in [4.78, 5) is 5.63. The normalized spacial score (nSPS) is 10.9. The van der Waals surface area contributed by atoms with Crippen LogP contribution in [0.15, 0.2) is 22.1 Å². The van der Waals surface area contributed by atoms with Gasteiger partial charge in [-0.25, -0.2) is 0 Å². The molecule has 2 aromatic heterocycles. The van der Waals surface area contributed by atoms with Gasteiger partial charge in [-0.2, -0.15) is 5.10 Å². The topological polar surface area (TPSA) is 56.7 Å². The van der Waals surface area contributed by atoms with E-state index in [0.29, 0.717) is 6.54 Å². The van der Waals surface area contributed by atoms with Crippen LogP contribution in [0, 0.1) is 20.8 Å². The van der Waals surface area contributed by atoms with Crippen molar-refractivity contribution < 1.29 is 0 Å². The third-order valence-corrected chi connectivity index (χ3v) is 3.97. The summed E-state index contributed by atoms with van der Waals surface area (Å²) < 4.78 is 1.89. The molecule has 0 aromatic carbocycles. The van der Waals surface area contributed by atoms with E-state index < -0.39 is 0 Å². The van der Waals surface area contributed by atoms with Crippen LogP contribution in [0.4, 0.5) is 0 Å². The molecule has 2 heterocycles. The van der Waals surface area contributed by atoms with Crippen LogP contribution in [0.5, 0.6) is 0 Å². The molecule has 96 valence electrons. The molecule has 0 aliphatic rings. The van der Waals surface area contributed by atoms with Gasteiger partial charge in [0.05, 0.1) is 10.7 Å². The lowest BCUT2D eigenvalue weighted by Gasteiger charge is -2.11. The molecule has 0 aliphatic carbocycles. The molecule has 2 aromatic rings. The van der Waals surface area contributed by atoms with Crippen LogP contribution in [-0.4, -0.2) is 14.8 Å². The molecule has 0 radical (unpaired) electrons. The van der Waals surface area contributed by atoms with E-state index in [2.05, 4.69) is 22.2 Å². The molecule has 2 N–H and O–H groups in total. The highest BCUT2D eigenvalue weighted by atomic mass is 32.2. The van der Waals surface area contributed by atoms with Gasteiger partial charge < -0.3 is 5.73 Å². The monoisotopic (exact) mass is 262 g/mol. The van der Waals surface area contributed by atoms with Gasteiger partial charge in [-0.05, 0) is 32.9 Å². The standard InChI is InChI=1S/C13H18N4S/c1-8-5-12(11(7-14)10(3)15-8)18-13-6-9(2)16-17(13)4/h5-6H,7,14H2,1-4H3. The van der Waals surface area contributed by atoms with Crippen molar-refractivity contribution in [1.82, 2.24) is 14.8 Å². The lowest BCUT2D eigenvalue weighted by atomic mass is 10.2. The van der Waals surface area contributed by atoms with Gasteiger partial charge in [0.1, 0.15) is 0 Å². The van der Waals surface area contributed by atoms with Crippen molar-refractivity contribution in [3.05, 3.63) is 34.8 Å². The van der Waals surface area contributed by atoms with Gasteiger partial charge in [-0.1, -0.05) is 11.8 Å². The van der Waals surface area contributed by atoms with Crippen molar-refractivity contribution in [3.8, 4) is 0 Å². The van der Waals surface area contributed by atoms with E-state index in [4.69, 9.17) is 5.73 Å². The van der Waals surface area contributed by atoms with Gasteiger partial charge in [0.15, 0.2) is 0 Å². The van der Waals surface area contributed by atoms with Crippen LogP contribution in [-0.2, 0) is 13.6 Å². The Morgan fingerprint density at radius 3 is 2.50 bits per heavy atom. The first-order valence-corrected chi connectivity index (χ1v) is 6.68. The molecule has 4 nitrogen and oxygen atoms in total. The summed E-state index contributed by atoms with van der Waals surface area (Å²) in [6.45, 7) is 6.52. The lowest BCUT2D eigenvalue weighted by Crippen LogP contribution is -2.04. The van der Waals surface area contributed by atoms with E-state index in [1.165, 1.54) is 4.90 Å². The first-order valence-electron chi connectivity index (χ1n) is 5.87. The number of hydrogen-bond acceptors (Lipinski definition) is 4. The predicted octanol–water partition coefficient (Wildman–Crippen LogP) is 2.35. The maximum atomic E-state index is 5.82. The SMILES string of the molecule is Cc1cc(Sc2cc(C)nn2C)c(CN)c(C)n1. The summed E-state index contributed by atoms with van der Waals surface area (Å²) in [6.07, 6.45) is 0. The first kappa shape index (κ1) is 13.1. The van der Waals surface area contributed by atoms with Gasteiger partial charge in [-0.15, -0.1) is 0 Å². The minimum absolute atomic E-state index is 0.512. The van der Waals surface area contributed by atoms with Crippen molar-refractivity contribution in [2.24, 2.45) is 12.8 Å². The molecule has 0 unspecified atom stereocenters. The Bertz CT molecular complexity index is 575. The lowest BCUT2D eigenvalue weighted by molar-refractivity contribution is 0.692. The van der Waals surface area contributed by atoms with Crippen LogP contribution in [0.2, 0.25) is 0 Å². The first-order chi connectivity index (χ1) is 8.51. The Kier molecular flexibility index (Phi) is 3.73. The highest BCUT2D eigenvalue weighted by Crippen LogP contribution is 2.32. The zero-order valence-corrected chi connectivity index (χ0v) is 12.0. The second-order valence-electron chi connectivity index (χ2n) is 4.38. The maximum Gasteiger partial charge on any atom is 0.0987 e. The van der Waals surface area contributed by atoms with E-state index in [1.807, 2.05) is 32.5 Å². The molecule has 0 saturated carbocycles. The zero-order valence-electron chi connectivity index (χ0n) is 11.2. The van der Waals surface area contributed by atoms with Gasteiger partial charge in [0, 0.05) is 35.4 Å². The molecule has 0 spiro atoms. The number of aryl methyl sites for hydroxylation is 4. The van der Waals surface area contributed by atoms with Gasteiger partial charge >= 0.3 is 0 Å². The van der Waals surface area contributed by atoms with Gasteiger partial charge in [0.25, 0.3) is 0 Å². The zero-order chi connectivity index (χ0) is 13.3. The summed E-state index contributed by atoms with van der Waals surface area (Å²) in [5.41, 5.74) is 10.00. The summed E-state index contributed by atoms with van der Waals surface area (Å²) in [5.74, 6) is 0. The van der Waals surface area contributed by atoms with Crippen molar-refractivity contribution in [1.29, 1.82) is 0 Å². The van der Waals surface area contributed by atoms with E-state index in [-0.39, 0.29) is 0 Å². The fourth-order valence-electron chi connectivity index (χ4n) is 1.95. The smallest absolute Gasteiger partial charge is 0.0987 e. The summed E-state index contributed by atoms with van der Waals surface area (Å²) >= 11 is 1.70. The molecule has 0 amide bonds. The van der Waals surface area contributed by atoms with Gasteiger partial charge in [-0.3, -0.25) is 9.67 Å². The second-order valence-corrected chi connectivity index (χ2v) is 5.44. The maximum absolute atomic E-state index is 5.82. The third-order valence-electron chi connectivity index (χ3n) is 2.80. The van der Waals surface area contributed by atoms with Crippen LogP contribution in [0.3, 0.4) is 0 Å². The fourth-order valence-corrected chi connectivity index (χ4v) is 3.17. The summed E-state index contributed by atoms with van der Waals surface area (Å²) in [6, 6.07) is 4.16. The number of aromatic nitrogens is 3. The number of nitrogens with two attached hydrogens (primary N) is 1. The number of rotatable bonds is 3. The molecule has 0 aliphatic heterocycles. The minimum atomic E-state index is 0.512. The van der Waals surface area contributed by atoms with E-state index in [0.717, 1.165) is 27.7 Å². The Morgan fingerprint density at radius 2 is 1.94 bits per heavy atom. The molecule has 0 fully saturated rings. The average molecular weight is 262 g/mol. The molecular weight excluding hydrogens is 244 g/mol. The highest BCUT2D eigenvalue weighted by molar-refractivity contribution is 7.99. The van der Waals surface area contributed by atoms with Crippen LogP contribution >= 0.6 is 11.8 Å². The Hall–Kier alpha value is -1.33. The molecule has 0 saturated heterocycles. The molecule has 2 rings (SSSR count). The Morgan fingerprint density at radius 1 is 1.22 bits per heavy atom. The predicted molar refractivity (Wildman–Crippen MR) is 73.7 cm³/mol. The second kappa shape index (κ2) is 5.12. The Balaban J connectivity index is 2.42. The minimum Gasteiger partial charge on any atom is -0.326 e. The molecule has 18 heavy (non-hydrogen) atoms. The number of pyridine rings is 1. The quantitative estimate of drug-likeness (QED) is 0.922. The molecule has 5 heteroatoms. The van der Waals surface area contributed by atoms with Crippen molar-refractivity contribution >= 4 is 11.8 Å². The number of hydrogen-bond donors (Lipinski definition) is 1. The fraction of sp³-hybridized carbons (Fsp3) is 0.385. The largest absolute Gasteiger partial charge is 0.326 e. The van der Waals surface area contributed by atoms with E-state index in [9.17, 15) is 0 Å². The average Bonchev–Trinajstić information content (AvgIpc) is 2.57.